The van der Waals surface area contributed by atoms with Crippen LogP contribution >= 0.6 is 0 Å². The molecule has 4 aliphatic rings. The van der Waals surface area contributed by atoms with Crippen molar-refractivity contribution >= 4 is 0 Å². The molecule has 2 saturated carbocycles. The normalized spacial score (nSPS) is 44.4. The van der Waals surface area contributed by atoms with Gasteiger partial charge in [0.15, 0.2) is 0 Å². The first kappa shape index (κ1) is 19.8. The minimum atomic E-state index is 0.486. The summed E-state index contributed by atoms with van der Waals surface area (Å²) in [7, 11) is 0. The highest BCUT2D eigenvalue weighted by Gasteiger charge is 2.58. The number of hydrogen-bond donors (Lipinski definition) is 0. The topological polar surface area (TPSA) is 0 Å². The maximum atomic E-state index is 2.70. The van der Waals surface area contributed by atoms with Crippen molar-refractivity contribution in [2.24, 2.45) is 46.3 Å². The fraction of sp³-hybridized carbons (Fsp3) is 0.852. The van der Waals surface area contributed by atoms with Gasteiger partial charge in [-0.3, -0.25) is 0 Å². The van der Waals surface area contributed by atoms with E-state index in [1.54, 1.807) is 5.57 Å². The Labute approximate surface area is 169 Å². The van der Waals surface area contributed by atoms with Gasteiger partial charge < -0.3 is 0 Å². The van der Waals surface area contributed by atoms with E-state index < -0.39 is 0 Å². The molecule has 0 nitrogen and oxygen atoms in total. The van der Waals surface area contributed by atoms with Gasteiger partial charge in [-0.1, -0.05) is 72.1 Å². The van der Waals surface area contributed by atoms with E-state index >= 15 is 0 Å². The van der Waals surface area contributed by atoms with E-state index in [4.69, 9.17) is 0 Å². The summed E-state index contributed by atoms with van der Waals surface area (Å²) in [6, 6.07) is 0. The third kappa shape index (κ3) is 3.28. The number of rotatable bonds is 5. The van der Waals surface area contributed by atoms with Crippen LogP contribution in [0.15, 0.2) is 23.8 Å². The summed E-state index contributed by atoms with van der Waals surface area (Å²) < 4.78 is 0. The molecule has 2 fully saturated rings. The van der Waals surface area contributed by atoms with Crippen LogP contribution < -0.4 is 0 Å². The van der Waals surface area contributed by atoms with E-state index in [0.717, 1.165) is 35.5 Å². The van der Waals surface area contributed by atoms with Gasteiger partial charge in [-0.25, -0.2) is 0 Å². The van der Waals surface area contributed by atoms with Gasteiger partial charge in [-0.2, -0.15) is 0 Å². The molecule has 0 aromatic carbocycles. The molecule has 0 radical (unpaired) electrons. The Morgan fingerprint density at radius 3 is 2.59 bits per heavy atom. The van der Waals surface area contributed by atoms with Crippen molar-refractivity contribution in [3.8, 4) is 0 Å². The Balaban J connectivity index is 1.51. The van der Waals surface area contributed by atoms with Crippen molar-refractivity contribution in [2.75, 3.05) is 0 Å². The second-order valence-corrected chi connectivity index (χ2v) is 11.6. The van der Waals surface area contributed by atoms with E-state index in [1.165, 1.54) is 64.2 Å². The molecule has 4 rings (SSSR count). The van der Waals surface area contributed by atoms with Crippen LogP contribution in [0.5, 0.6) is 0 Å². The molecular formula is C27H44. The number of fused-ring (bicyclic) bond motifs is 5. The number of allylic oxidation sites excluding steroid dienone is 4. The monoisotopic (exact) mass is 368 g/mol. The Kier molecular flexibility index (Phi) is 5.41. The van der Waals surface area contributed by atoms with Crippen LogP contribution in [0.1, 0.15) is 98.8 Å². The second-order valence-electron chi connectivity index (χ2n) is 11.6. The van der Waals surface area contributed by atoms with Crippen molar-refractivity contribution in [3.63, 3.8) is 0 Å². The van der Waals surface area contributed by atoms with Crippen molar-refractivity contribution < 1.29 is 0 Å². The van der Waals surface area contributed by atoms with Gasteiger partial charge in [0, 0.05) is 0 Å². The highest BCUT2D eigenvalue weighted by atomic mass is 14.6. The van der Waals surface area contributed by atoms with Crippen LogP contribution in [0.2, 0.25) is 0 Å². The maximum absolute atomic E-state index is 2.70. The first-order chi connectivity index (χ1) is 12.9. The van der Waals surface area contributed by atoms with Gasteiger partial charge in [0.25, 0.3) is 0 Å². The van der Waals surface area contributed by atoms with Gasteiger partial charge in [0.1, 0.15) is 0 Å². The Hall–Kier alpha value is -0.520. The zero-order valence-corrected chi connectivity index (χ0v) is 18.8. The average molecular weight is 369 g/mol. The van der Waals surface area contributed by atoms with Crippen LogP contribution in [-0.4, -0.2) is 0 Å². The molecule has 7 atom stereocenters. The van der Waals surface area contributed by atoms with Crippen LogP contribution in [-0.2, 0) is 0 Å². The van der Waals surface area contributed by atoms with Gasteiger partial charge in [0.05, 0.1) is 0 Å². The lowest BCUT2D eigenvalue weighted by Gasteiger charge is -2.56. The van der Waals surface area contributed by atoms with Crippen LogP contribution in [0.25, 0.3) is 0 Å². The molecular weight excluding hydrogens is 324 g/mol. The molecule has 27 heavy (non-hydrogen) atoms. The molecule has 0 aromatic heterocycles. The van der Waals surface area contributed by atoms with Crippen molar-refractivity contribution in [1.29, 1.82) is 0 Å². The molecule has 0 amide bonds. The minimum absolute atomic E-state index is 0.486. The first-order valence-corrected chi connectivity index (χ1v) is 12.2. The molecule has 0 aromatic rings. The quantitative estimate of drug-likeness (QED) is 0.459. The smallest absolute Gasteiger partial charge is 0.00445 e. The van der Waals surface area contributed by atoms with Gasteiger partial charge in [-0.05, 0) is 96.9 Å². The summed E-state index contributed by atoms with van der Waals surface area (Å²) in [6.07, 6.45) is 22.2. The van der Waals surface area contributed by atoms with E-state index in [1.807, 2.05) is 0 Å². The summed E-state index contributed by atoms with van der Waals surface area (Å²) >= 11 is 0. The van der Waals surface area contributed by atoms with Crippen molar-refractivity contribution in [3.05, 3.63) is 23.8 Å². The second kappa shape index (κ2) is 7.38. The Morgan fingerprint density at radius 2 is 1.81 bits per heavy atom. The average Bonchev–Trinajstić information content (AvgIpc) is 2.98. The highest BCUT2D eigenvalue weighted by Crippen LogP contribution is 2.66. The van der Waals surface area contributed by atoms with E-state index in [-0.39, 0.29) is 0 Å². The largest absolute Gasteiger partial charge is 0.0808 e. The lowest BCUT2D eigenvalue weighted by molar-refractivity contribution is -0.0264. The molecule has 0 spiro atoms. The summed E-state index contributed by atoms with van der Waals surface area (Å²) in [5.41, 5.74) is 2.78. The van der Waals surface area contributed by atoms with Crippen LogP contribution in [0, 0.1) is 46.3 Å². The molecule has 0 saturated heterocycles. The van der Waals surface area contributed by atoms with Crippen molar-refractivity contribution in [2.45, 2.75) is 98.8 Å². The van der Waals surface area contributed by atoms with Crippen LogP contribution in [0.4, 0.5) is 0 Å². The predicted molar refractivity (Wildman–Crippen MR) is 118 cm³/mol. The molecule has 0 heteroatoms. The van der Waals surface area contributed by atoms with Gasteiger partial charge in [-0.15, -0.1) is 0 Å². The molecule has 0 N–H and O–H groups in total. The summed E-state index contributed by atoms with van der Waals surface area (Å²) in [5, 5.41) is 0. The lowest BCUT2D eigenvalue weighted by Crippen LogP contribution is -2.49. The third-order valence-corrected chi connectivity index (χ3v) is 9.77. The standard InChI is InChI=1S/C27H44/c1-19(2)9-8-10-20(3)23-14-15-24-22-13-12-21-11-6-7-17-26(21,4)25(22)16-18-27(23,24)5/h11-13,19-20,22-25H,6-10,14-18H2,1-5H3/t20-,22+,23+,24+,25+,26+,27-/m1/s1. The molecule has 0 bridgehead atoms. The highest BCUT2D eigenvalue weighted by molar-refractivity contribution is 5.35. The Bertz CT molecular complexity index is 595. The lowest BCUT2D eigenvalue weighted by atomic mass is 9.48. The van der Waals surface area contributed by atoms with E-state index in [0.29, 0.717) is 10.8 Å². The minimum Gasteiger partial charge on any atom is -0.0808 e. The van der Waals surface area contributed by atoms with E-state index in [2.05, 4.69) is 52.8 Å². The molecule has 152 valence electrons. The third-order valence-electron chi connectivity index (χ3n) is 9.77. The van der Waals surface area contributed by atoms with Gasteiger partial charge in [0.2, 0.25) is 0 Å². The number of hydrogen-bond acceptors (Lipinski definition) is 0. The predicted octanol–water partition coefficient (Wildman–Crippen LogP) is 8.19. The zero-order valence-electron chi connectivity index (χ0n) is 18.8. The summed E-state index contributed by atoms with van der Waals surface area (Å²) in [6.45, 7) is 12.7. The fourth-order valence-electron chi connectivity index (χ4n) is 8.21. The maximum Gasteiger partial charge on any atom is -0.00445 e. The summed E-state index contributed by atoms with van der Waals surface area (Å²) in [5.74, 6) is 5.48. The first-order valence-electron chi connectivity index (χ1n) is 12.2. The molecule has 0 aliphatic heterocycles. The van der Waals surface area contributed by atoms with E-state index in [9.17, 15) is 0 Å². The van der Waals surface area contributed by atoms with Crippen LogP contribution in [0.3, 0.4) is 0 Å². The summed E-state index contributed by atoms with van der Waals surface area (Å²) in [4.78, 5) is 0. The molecule has 0 unspecified atom stereocenters. The zero-order chi connectivity index (χ0) is 19.2. The SMILES string of the molecule is CC(C)CCC[C@@H](C)[C@@H]1CC[C@H]2[C@@H]3C=CC4=CCCC[C@]4(C)[C@H]3CC[C@@]21C. The molecule has 4 aliphatic carbocycles. The Morgan fingerprint density at radius 1 is 1.00 bits per heavy atom. The van der Waals surface area contributed by atoms with Gasteiger partial charge >= 0.3 is 0 Å². The van der Waals surface area contributed by atoms with Crippen molar-refractivity contribution in [1.82, 2.24) is 0 Å². The molecule has 0 heterocycles. The fourth-order valence-corrected chi connectivity index (χ4v) is 8.21.